The number of imidazole rings is 1. The van der Waals surface area contributed by atoms with Crippen molar-refractivity contribution >= 4 is 5.71 Å². The van der Waals surface area contributed by atoms with E-state index in [2.05, 4.69) is 10.1 Å². The van der Waals surface area contributed by atoms with Crippen LogP contribution in [0.3, 0.4) is 0 Å². The zero-order valence-corrected chi connectivity index (χ0v) is 11.8. The van der Waals surface area contributed by atoms with Crippen LogP contribution in [-0.4, -0.2) is 27.1 Å². The van der Waals surface area contributed by atoms with E-state index in [1.165, 1.54) is 0 Å². The fourth-order valence-corrected chi connectivity index (χ4v) is 2.04. The lowest BCUT2D eigenvalue weighted by Gasteiger charge is -2.12. The first-order valence-corrected chi connectivity index (χ1v) is 6.67. The molecule has 0 aliphatic heterocycles. The maximum absolute atomic E-state index is 9.04. The van der Waals surface area contributed by atoms with Crippen molar-refractivity contribution in [1.29, 1.82) is 0 Å². The van der Waals surface area contributed by atoms with Crippen LogP contribution in [0.15, 0.2) is 41.8 Å². The minimum absolute atomic E-state index is 0.538. The van der Waals surface area contributed by atoms with Crippen molar-refractivity contribution in [3.63, 3.8) is 0 Å². The molecule has 1 N–H and O–H groups in total. The number of nitrogens with zero attached hydrogens (tertiary/aromatic N) is 3. The van der Waals surface area contributed by atoms with Gasteiger partial charge in [0.1, 0.15) is 18.2 Å². The van der Waals surface area contributed by atoms with Crippen molar-refractivity contribution < 1.29 is 9.94 Å². The maximum atomic E-state index is 9.04. The number of oxime groups is 1. The third-order valence-corrected chi connectivity index (χ3v) is 3.17. The summed E-state index contributed by atoms with van der Waals surface area (Å²) in [6.07, 6.45) is 4.35. The van der Waals surface area contributed by atoms with Gasteiger partial charge in [-0.15, -0.1) is 0 Å². The molecular formula is C15H19N3O2. The number of para-hydroxylation sites is 1. The molecule has 0 atom stereocenters. The van der Waals surface area contributed by atoms with Crippen LogP contribution in [0.25, 0.3) is 0 Å². The molecule has 20 heavy (non-hydrogen) atoms. The Balaban J connectivity index is 2.05. The summed E-state index contributed by atoms with van der Waals surface area (Å²) in [6, 6.07) is 7.60. The molecule has 106 valence electrons. The third-order valence-electron chi connectivity index (χ3n) is 3.17. The third kappa shape index (κ3) is 3.17. The predicted molar refractivity (Wildman–Crippen MR) is 77.5 cm³/mol. The first-order valence-electron chi connectivity index (χ1n) is 6.67. The molecule has 1 heterocycles. The fourth-order valence-electron chi connectivity index (χ4n) is 2.04. The molecule has 1 aromatic carbocycles. The van der Waals surface area contributed by atoms with Gasteiger partial charge in [-0.3, -0.25) is 0 Å². The molecule has 2 rings (SSSR count). The van der Waals surface area contributed by atoms with E-state index in [0.29, 0.717) is 18.7 Å². The lowest BCUT2D eigenvalue weighted by molar-refractivity contribution is 0.295. The molecule has 0 saturated carbocycles. The summed E-state index contributed by atoms with van der Waals surface area (Å²) < 4.78 is 7.84. The monoisotopic (exact) mass is 273 g/mol. The highest BCUT2D eigenvalue weighted by Crippen LogP contribution is 2.20. The van der Waals surface area contributed by atoms with E-state index in [4.69, 9.17) is 9.94 Å². The lowest BCUT2D eigenvalue weighted by atomic mass is 10.1. The minimum Gasteiger partial charge on any atom is -0.491 e. The second kappa shape index (κ2) is 6.75. The quantitative estimate of drug-likeness (QED) is 0.500. The van der Waals surface area contributed by atoms with Gasteiger partial charge in [0, 0.05) is 18.0 Å². The zero-order chi connectivity index (χ0) is 14.4. The van der Waals surface area contributed by atoms with E-state index >= 15 is 0 Å². The van der Waals surface area contributed by atoms with E-state index in [0.717, 1.165) is 23.7 Å². The predicted octanol–water partition coefficient (Wildman–Crippen LogP) is 2.86. The van der Waals surface area contributed by atoms with Crippen LogP contribution in [0.5, 0.6) is 5.75 Å². The minimum atomic E-state index is 0.538. The van der Waals surface area contributed by atoms with Gasteiger partial charge in [-0.05, 0) is 25.5 Å². The van der Waals surface area contributed by atoms with Crippen molar-refractivity contribution in [2.45, 2.75) is 26.8 Å². The van der Waals surface area contributed by atoms with Crippen molar-refractivity contribution in [3.05, 3.63) is 48.0 Å². The summed E-state index contributed by atoms with van der Waals surface area (Å²) in [4.78, 5) is 4.17. The van der Waals surface area contributed by atoms with Gasteiger partial charge >= 0.3 is 0 Å². The number of ether oxygens (including phenoxy) is 1. The molecule has 5 heteroatoms. The van der Waals surface area contributed by atoms with Crippen LogP contribution in [0.4, 0.5) is 0 Å². The highest BCUT2D eigenvalue weighted by molar-refractivity contribution is 6.02. The SMILES string of the molecule is CCC(=NO)c1ccccc1OCCn1ccnc1C. The van der Waals surface area contributed by atoms with Crippen LogP contribution >= 0.6 is 0 Å². The summed E-state index contributed by atoms with van der Waals surface area (Å²) in [7, 11) is 0. The highest BCUT2D eigenvalue weighted by atomic mass is 16.5. The summed E-state index contributed by atoms with van der Waals surface area (Å²) >= 11 is 0. The standard InChI is InChI=1S/C15H19N3O2/c1-3-14(17-19)13-6-4-5-7-15(13)20-11-10-18-9-8-16-12(18)2/h4-9,19H,3,10-11H2,1-2H3. The van der Waals surface area contributed by atoms with Gasteiger partial charge in [0.25, 0.3) is 0 Å². The first-order chi connectivity index (χ1) is 9.76. The number of hydrogen-bond acceptors (Lipinski definition) is 4. The summed E-state index contributed by atoms with van der Waals surface area (Å²) in [5, 5.41) is 12.4. The second-order valence-electron chi connectivity index (χ2n) is 4.41. The Hall–Kier alpha value is -2.30. The molecule has 0 spiro atoms. The van der Waals surface area contributed by atoms with E-state index in [9.17, 15) is 0 Å². The largest absolute Gasteiger partial charge is 0.491 e. The van der Waals surface area contributed by atoms with Gasteiger partial charge in [0.05, 0.1) is 12.3 Å². The van der Waals surface area contributed by atoms with Gasteiger partial charge < -0.3 is 14.5 Å². The molecule has 0 aliphatic carbocycles. The molecular weight excluding hydrogens is 254 g/mol. The molecule has 0 bridgehead atoms. The van der Waals surface area contributed by atoms with Crippen LogP contribution in [0, 0.1) is 6.92 Å². The summed E-state index contributed by atoms with van der Waals surface area (Å²) in [6.45, 7) is 5.18. The summed E-state index contributed by atoms with van der Waals surface area (Å²) in [5.74, 6) is 1.70. The second-order valence-corrected chi connectivity index (χ2v) is 4.41. The Bertz CT molecular complexity index is 590. The van der Waals surface area contributed by atoms with Crippen LogP contribution < -0.4 is 4.74 Å². The van der Waals surface area contributed by atoms with E-state index in [1.54, 1.807) is 6.20 Å². The molecule has 2 aromatic rings. The molecule has 0 aliphatic rings. The van der Waals surface area contributed by atoms with Crippen molar-refractivity contribution in [3.8, 4) is 5.75 Å². The topological polar surface area (TPSA) is 59.6 Å². The highest BCUT2D eigenvalue weighted by Gasteiger charge is 2.09. The Kier molecular flexibility index (Phi) is 4.76. The number of benzene rings is 1. The molecule has 5 nitrogen and oxygen atoms in total. The molecule has 0 unspecified atom stereocenters. The molecule has 0 fully saturated rings. The first kappa shape index (κ1) is 14.1. The Labute approximate surface area is 118 Å². The average Bonchev–Trinajstić information content (AvgIpc) is 2.87. The van der Waals surface area contributed by atoms with E-state index in [-0.39, 0.29) is 0 Å². The Morgan fingerprint density at radius 2 is 2.20 bits per heavy atom. The average molecular weight is 273 g/mol. The van der Waals surface area contributed by atoms with E-state index in [1.807, 2.05) is 48.9 Å². The van der Waals surface area contributed by atoms with Gasteiger partial charge in [-0.1, -0.05) is 24.2 Å². The fraction of sp³-hybridized carbons (Fsp3) is 0.333. The smallest absolute Gasteiger partial charge is 0.128 e. The number of aromatic nitrogens is 2. The molecule has 0 amide bonds. The normalized spacial score (nSPS) is 11.6. The summed E-state index contributed by atoms with van der Waals surface area (Å²) in [5.41, 5.74) is 1.46. The van der Waals surface area contributed by atoms with Crippen LogP contribution in [0.2, 0.25) is 0 Å². The Morgan fingerprint density at radius 1 is 1.40 bits per heavy atom. The van der Waals surface area contributed by atoms with Crippen molar-refractivity contribution in [1.82, 2.24) is 9.55 Å². The number of aryl methyl sites for hydroxylation is 1. The Morgan fingerprint density at radius 3 is 2.85 bits per heavy atom. The number of hydrogen-bond donors (Lipinski definition) is 1. The van der Waals surface area contributed by atoms with Gasteiger partial charge in [-0.25, -0.2) is 4.98 Å². The van der Waals surface area contributed by atoms with Gasteiger partial charge in [0.15, 0.2) is 0 Å². The van der Waals surface area contributed by atoms with E-state index < -0.39 is 0 Å². The van der Waals surface area contributed by atoms with Crippen molar-refractivity contribution in [2.75, 3.05) is 6.61 Å². The van der Waals surface area contributed by atoms with Gasteiger partial charge in [0.2, 0.25) is 0 Å². The van der Waals surface area contributed by atoms with Crippen LogP contribution in [-0.2, 0) is 6.54 Å². The van der Waals surface area contributed by atoms with Crippen molar-refractivity contribution in [2.24, 2.45) is 5.16 Å². The number of rotatable bonds is 6. The molecule has 0 radical (unpaired) electrons. The maximum Gasteiger partial charge on any atom is 0.128 e. The zero-order valence-electron chi connectivity index (χ0n) is 11.8. The van der Waals surface area contributed by atoms with Crippen LogP contribution in [0.1, 0.15) is 24.7 Å². The molecule has 0 saturated heterocycles. The lowest BCUT2D eigenvalue weighted by Crippen LogP contribution is -2.11. The molecule has 1 aromatic heterocycles. The van der Waals surface area contributed by atoms with Gasteiger partial charge in [-0.2, -0.15) is 0 Å².